The van der Waals surface area contributed by atoms with Crippen molar-refractivity contribution >= 4 is 11.5 Å². The maximum Gasteiger partial charge on any atom is 0.314 e. The van der Waals surface area contributed by atoms with Crippen LogP contribution in [0.1, 0.15) is 32.1 Å². The summed E-state index contributed by atoms with van der Waals surface area (Å²) in [6.45, 7) is -0.313. The molecule has 1 aliphatic carbocycles. The van der Waals surface area contributed by atoms with Crippen molar-refractivity contribution in [1.29, 1.82) is 0 Å². The number of nitrogens with zero attached hydrogens (tertiary/aromatic N) is 1. The topological polar surface area (TPSA) is 69.4 Å². The van der Waals surface area contributed by atoms with Gasteiger partial charge >= 0.3 is 5.69 Å². The van der Waals surface area contributed by atoms with Crippen molar-refractivity contribution in [2.24, 2.45) is 5.92 Å². The lowest BCUT2D eigenvalue weighted by Gasteiger charge is -2.20. The molecule has 0 bridgehead atoms. The smallest absolute Gasteiger partial charge is 0.314 e. The summed E-state index contributed by atoms with van der Waals surface area (Å²) in [6, 6.07) is 3.47. The Kier molecular flexibility index (Phi) is 4.65. The number of carbonyl (C=O) groups excluding carboxylic acids is 1. The Morgan fingerprint density at radius 3 is 2.70 bits per heavy atom. The first-order valence-corrected chi connectivity index (χ1v) is 6.68. The Morgan fingerprint density at radius 2 is 2.05 bits per heavy atom. The molecular formula is C14H16FNO4. The zero-order valence-corrected chi connectivity index (χ0v) is 11.0. The Hall–Kier alpha value is -1.98. The summed E-state index contributed by atoms with van der Waals surface area (Å²) < 4.78 is 18.6. The van der Waals surface area contributed by atoms with Crippen LogP contribution in [0, 0.1) is 21.8 Å². The number of nitro groups is 1. The molecule has 0 N–H and O–H groups in total. The van der Waals surface area contributed by atoms with Crippen molar-refractivity contribution in [2.75, 3.05) is 6.61 Å². The van der Waals surface area contributed by atoms with E-state index in [1.807, 2.05) is 0 Å². The Bertz CT molecular complexity index is 512. The van der Waals surface area contributed by atoms with Crippen LogP contribution in [0.4, 0.5) is 10.1 Å². The number of benzene rings is 1. The van der Waals surface area contributed by atoms with Crippen molar-refractivity contribution in [2.45, 2.75) is 32.1 Å². The summed E-state index contributed by atoms with van der Waals surface area (Å²) in [5.41, 5.74) is -0.457. The molecule has 0 radical (unpaired) electrons. The molecule has 108 valence electrons. The molecule has 1 aromatic rings. The van der Waals surface area contributed by atoms with E-state index in [0.717, 1.165) is 44.2 Å². The molecule has 0 atom stereocenters. The largest absolute Gasteiger partial charge is 0.477 e. The zero-order valence-electron chi connectivity index (χ0n) is 11.0. The van der Waals surface area contributed by atoms with Gasteiger partial charge in [-0.1, -0.05) is 25.3 Å². The number of carbonyl (C=O) groups is 1. The van der Waals surface area contributed by atoms with E-state index in [2.05, 4.69) is 0 Å². The van der Waals surface area contributed by atoms with Gasteiger partial charge in [-0.15, -0.1) is 0 Å². The van der Waals surface area contributed by atoms with Gasteiger partial charge in [0.05, 0.1) is 4.92 Å². The molecule has 1 saturated carbocycles. The summed E-state index contributed by atoms with van der Waals surface area (Å²) >= 11 is 0. The van der Waals surface area contributed by atoms with Crippen molar-refractivity contribution in [3.05, 3.63) is 34.1 Å². The van der Waals surface area contributed by atoms with Gasteiger partial charge in [0.25, 0.3) is 0 Å². The number of hydrogen-bond donors (Lipinski definition) is 0. The van der Waals surface area contributed by atoms with Crippen LogP contribution >= 0.6 is 0 Å². The third-order valence-corrected chi connectivity index (χ3v) is 3.56. The van der Waals surface area contributed by atoms with Crippen LogP contribution in [-0.2, 0) is 4.79 Å². The standard InChI is InChI=1S/C14H16FNO4/c15-11-7-4-8-12(16(18)19)14(11)20-9-13(17)10-5-2-1-3-6-10/h4,7-8,10H,1-3,5-6,9H2. The molecule has 1 aliphatic rings. The van der Waals surface area contributed by atoms with Gasteiger partial charge in [-0.3, -0.25) is 14.9 Å². The van der Waals surface area contributed by atoms with Crippen LogP contribution in [0.2, 0.25) is 0 Å². The monoisotopic (exact) mass is 281 g/mol. The lowest BCUT2D eigenvalue weighted by atomic mass is 9.86. The van der Waals surface area contributed by atoms with Gasteiger partial charge in [-0.05, 0) is 18.9 Å². The number of ketones is 1. The number of Topliss-reactive ketones (excluding diaryl/α,β-unsaturated/α-hetero) is 1. The van der Waals surface area contributed by atoms with E-state index >= 15 is 0 Å². The first-order valence-electron chi connectivity index (χ1n) is 6.68. The highest BCUT2D eigenvalue weighted by molar-refractivity contribution is 5.82. The molecule has 1 aromatic carbocycles. The van der Waals surface area contributed by atoms with Crippen LogP contribution in [0.15, 0.2) is 18.2 Å². The first-order chi connectivity index (χ1) is 9.59. The second-order valence-electron chi connectivity index (χ2n) is 4.94. The molecule has 0 saturated heterocycles. The molecule has 0 amide bonds. The van der Waals surface area contributed by atoms with Gasteiger partial charge in [0.15, 0.2) is 11.6 Å². The number of halogens is 1. The number of para-hydroxylation sites is 1. The second-order valence-corrected chi connectivity index (χ2v) is 4.94. The van der Waals surface area contributed by atoms with Gasteiger partial charge < -0.3 is 4.74 Å². The lowest BCUT2D eigenvalue weighted by molar-refractivity contribution is -0.386. The maximum atomic E-state index is 13.6. The number of nitro benzene ring substituents is 1. The number of hydrogen-bond acceptors (Lipinski definition) is 4. The van der Waals surface area contributed by atoms with E-state index in [1.54, 1.807) is 0 Å². The van der Waals surface area contributed by atoms with Crippen LogP contribution in [-0.4, -0.2) is 17.3 Å². The second kappa shape index (κ2) is 6.45. The summed E-state index contributed by atoms with van der Waals surface area (Å²) in [5.74, 6) is -1.45. The molecule has 0 spiro atoms. The van der Waals surface area contributed by atoms with E-state index in [-0.39, 0.29) is 18.3 Å². The molecule has 1 fully saturated rings. The predicted molar refractivity (Wildman–Crippen MR) is 70.1 cm³/mol. The predicted octanol–water partition coefficient (Wildman–Crippen LogP) is 3.26. The highest BCUT2D eigenvalue weighted by atomic mass is 19.1. The normalized spacial score (nSPS) is 15.8. The van der Waals surface area contributed by atoms with Crippen molar-refractivity contribution in [1.82, 2.24) is 0 Å². The minimum absolute atomic E-state index is 0.0606. The fraction of sp³-hybridized carbons (Fsp3) is 0.500. The molecular weight excluding hydrogens is 265 g/mol. The van der Waals surface area contributed by atoms with E-state index in [4.69, 9.17) is 4.74 Å². The Morgan fingerprint density at radius 1 is 1.35 bits per heavy atom. The Balaban J connectivity index is 2.03. The van der Waals surface area contributed by atoms with Gasteiger partial charge in [-0.25, -0.2) is 4.39 Å². The number of ether oxygens (including phenoxy) is 1. The van der Waals surface area contributed by atoms with Crippen molar-refractivity contribution in [3.8, 4) is 5.75 Å². The highest BCUT2D eigenvalue weighted by Gasteiger charge is 2.24. The fourth-order valence-electron chi connectivity index (χ4n) is 2.47. The van der Waals surface area contributed by atoms with E-state index in [9.17, 15) is 19.3 Å². The molecule has 2 rings (SSSR count). The van der Waals surface area contributed by atoms with Crippen LogP contribution in [0.5, 0.6) is 5.75 Å². The first kappa shape index (κ1) is 14.4. The van der Waals surface area contributed by atoms with E-state index < -0.39 is 22.2 Å². The molecule has 0 aromatic heterocycles. The summed E-state index contributed by atoms with van der Waals surface area (Å²) in [6.07, 6.45) is 4.79. The average Bonchev–Trinajstić information content (AvgIpc) is 2.46. The third kappa shape index (κ3) is 3.31. The van der Waals surface area contributed by atoms with Gasteiger partial charge in [0.2, 0.25) is 5.75 Å². The minimum atomic E-state index is -0.823. The van der Waals surface area contributed by atoms with Crippen LogP contribution < -0.4 is 4.74 Å². The lowest BCUT2D eigenvalue weighted by Crippen LogP contribution is -2.24. The minimum Gasteiger partial charge on any atom is -0.477 e. The number of rotatable bonds is 5. The van der Waals surface area contributed by atoms with Crippen molar-refractivity contribution in [3.63, 3.8) is 0 Å². The molecule has 0 heterocycles. The van der Waals surface area contributed by atoms with E-state index in [1.165, 1.54) is 6.07 Å². The van der Waals surface area contributed by atoms with Crippen molar-refractivity contribution < 1.29 is 18.8 Å². The molecule has 0 unspecified atom stereocenters. The van der Waals surface area contributed by atoms with Gasteiger partial charge in [0.1, 0.15) is 6.61 Å². The molecule has 5 nitrogen and oxygen atoms in total. The van der Waals surface area contributed by atoms with Crippen LogP contribution in [0.3, 0.4) is 0 Å². The summed E-state index contributed by atoms with van der Waals surface area (Å²) in [5, 5.41) is 10.8. The summed E-state index contributed by atoms with van der Waals surface area (Å²) in [4.78, 5) is 22.0. The average molecular weight is 281 g/mol. The van der Waals surface area contributed by atoms with Crippen LogP contribution in [0.25, 0.3) is 0 Å². The SMILES string of the molecule is O=C(COc1c(F)cccc1[N+](=O)[O-])C1CCCCC1. The van der Waals surface area contributed by atoms with E-state index in [0.29, 0.717) is 0 Å². The quantitative estimate of drug-likeness (QED) is 0.613. The highest BCUT2D eigenvalue weighted by Crippen LogP contribution is 2.30. The molecule has 6 heteroatoms. The maximum absolute atomic E-state index is 13.6. The Labute approximate surface area is 115 Å². The van der Waals surface area contributed by atoms with Gasteiger partial charge in [0, 0.05) is 12.0 Å². The summed E-state index contributed by atoms with van der Waals surface area (Å²) in [7, 11) is 0. The molecule has 0 aliphatic heterocycles. The molecule has 20 heavy (non-hydrogen) atoms. The third-order valence-electron chi connectivity index (χ3n) is 3.56. The zero-order chi connectivity index (χ0) is 14.5. The fourth-order valence-corrected chi connectivity index (χ4v) is 2.47. The van der Waals surface area contributed by atoms with Gasteiger partial charge in [-0.2, -0.15) is 0 Å².